The van der Waals surface area contributed by atoms with E-state index in [4.69, 9.17) is 9.84 Å². The van der Waals surface area contributed by atoms with E-state index < -0.39 is 30.6 Å². The molecule has 0 spiro atoms. The molecule has 0 bridgehead atoms. The van der Waals surface area contributed by atoms with E-state index in [9.17, 15) is 14.4 Å². The van der Waals surface area contributed by atoms with Crippen LogP contribution in [0.3, 0.4) is 0 Å². The number of carbonyl (C=O) groups excluding carboxylic acids is 2. The summed E-state index contributed by atoms with van der Waals surface area (Å²) >= 11 is 0. The summed E-state index contributed by atoms with van der Waals surface area (Å²) in [4.78, 5) is 37.1. The monoisotopic (exact) mass is 410 g/mol. The first-order valence-electron chi connectivity index (χ1n) is 9.93. The first kappa shape index (κ1) is 21.4. The molecule has 2 aromatic carbocycles. The predicted octanol–water partition coefficient (Wildman–Crippen LogP) is 3.24. The van der Waals surface area contributed by atoms with Crippen molar-refractivity contribution in [1.29, 1.82) is 0 Å². The molecule has 158 valence electrons. The van der Waals surface area contributed by atoms with Gasteiger partial charge in [-0.25, -0.2) is 4.79 Å². The van der Waals surface area contributed by atoms with E-state index >= 15 is 0 Å². The summed E-state index contributed by atoms with van der Waals surface area (Å²) in [6.45, 7) is 4.68. The standard InChI is InChI=1S/C23H26N2O5/c1-14(2)25(12-21(26)27)22(28)15(3)24-23(29)30-13-20-18-10-6-4-8-16(18)17-9-5-7-11-19(17)20/h4-11,14-15,20H,12-13H2,1-3H3,(H,24,29)(H,26,27). The summed E-state index contributed by atoms with van der Waals surface area (Å²) in [6, 6.07) is 14.8. The number of hydrogen-bond donors (Lipinski definition) is 2. The highest BCUT2D eigenvalue weighted by atomic mass is 16.5. The van der Waals surface area contributed by atoms with Crippen molar-refractivity contribution >= 4 is 18.0 Å². The fourth-order valence-electron chi connectivity index (χ4n) is 3.79. The minimum Gasteiger partial charge on any atom is -0.480 e. The average Bonchev–Trinajstić information content (AvgIpc) is 3.03. The molecule has 1 aliphatic carbocycles. The molecule has 30 heavy (non-hydrogen) atoms. The van der Waals surface area contributed by atoms with Gasteiger partial charge in [-0.3, -0.25) is 9.59 Å². The van der Waals surface area contributed by atoms with Crippen molar-refractivity contribution in [3.05, 3.63) is 59.7 Å². The van der Waals surface area contributed by atoms with Gasteiger partial charge in [-0.1, -0.05) is 48.5 Å². The van der Waals surface area contributed by atoms with Gasteiger partial charge < -0.3 is 20.1 Å². The number of amides is 2. The van der Waals surface area contributed by atoms with Gasteiger partial charge in [-0.2, -0.15) is 0 Å². The Morgan fingerprint density at radius 2 is 1.53 bits per heavy atom. The first-order valence-corrected chi connectivity index (χ1v) is 9.93. The molecule has 1 aliphatic rings. The smallest absolute Gasteiger partial charge is 0.407 e. The van der Waals surface area contributed by atoms with E-state index in [0.717, 1.165) is 22.3 Å². The zero-order chi connectivity index (χ0) is 21.8. The van der Waals surface area contributed by atoms with Crippen molar-refractivity contribution in [2.45, 2.75) is 38.8 Å². The Bertz CT molecular complexity index is 911. The van der Waals surface area contributed by atoms with Crippen LogP contribution in [0, 0.1) is 0 Å². The van der Waals surface area contributed by atoms with Gasteiger partial charge in [0.2, 0.25) is 5.91 Å². The Morgan fingerprint density at radius 3 is 2.03 bits per heavy atom. The number of nitrogens with one attached hydrogen (secondary N) is 1. The van der Waals surface area contributed by atoms with Crippen LogP contribution in [0.5, 0.6) is 0 Å². The van der Waals surface area contributed by atoms with Gasteiger partial charge in [0.15, 0.2) is 0 Å². The van der Waals surface area contributed by atoms with E-state index in [1.165, 1.54) is 11.8 Å². The number of nitrogens with zero attached hydrogens (tertiary/aromatic N) is 1. The van der Waals surface area contributed by atoms with Crippen molar-refractivity contribution in [2.24, 2.45) is 0 Å². The van der Waals surface area contributed by atoms with E-state index in [1.54, 1.807) is 13.8 Å². The number of carboxylic acids is 1. The largest absolute Gasteiger partial charge is 0.480 e. The maximum Gasteiger partial charge on any atom is 0.407 e. The Morgan fingerprint density at radius 1 is 1.00 bits per heavy atom. The van der Waals surface area contributed by atoms with E-state index in [-0.39, 0.29) is 18.6 Å². The number of alkyl carbamates (subject to hydrolysis) is 1. The van der Waals surface area contributed by atoms with E-state index in [0.29, 0.717) is 0 Å². The van der Waals surface area contributed by atoms with Crippen LogP contribution < -0.4 is 5.32 Å². The molecule has 0 saturated heterocycles. The summed E-state index contributed by atoms with van der Waals surface area (Å²) in [6.07, 6.45) is -0.711. The molecule has 2 aromatic rings. The van der Waals surface area contributed by atoms with Crippen molar-refractivity contribution in [1.82, 2.24) is 10.2 Å². The highest BCUT2D eigenvalue weighted by Gasteiger charge is 2.30. The molecule has 0 fully saturated rings. The third-order valence-electron chi connectivity index (χ3n) is 5.26. The van der Waals surface area contributed by atoms with Gasteiger partial charge in [0, 0.05) is 12.0 Å². The van der Waals surface area contributed by atoms with Crippen molar-refractivity contribution < 1.29 is 24.2 Å². The molecular formula is C23H26N2O5. The molecule has 0 aliphatic heterocycles. The molecule has 2 N–H and O–H groups in total. The molecular weight excluding hydrogens is 384 g/mol. The molecule has 0 radical (unpaired) electrons. The van der Waals surface area contributed by atoms with Gasteiger partial charge in [0.05, 0.1) is 0 Å². The fraction of sp³-hybridized carbons (Fsp3) is 0.348. The van der Waals surface area contributed by atoms with Crippen LogP contribution in [0.15, 0.2) is 48.5 Å². The second-order valence-corrected chi connectivity index (χ2v) is 7.65. The third kappa shape index (κ3) is 4.45. The quantitative estimate of drug-likeness (QED) is 0.731. The second kappa shape index (κ2) is 8.98. The lowest BCUT2D eigenvalue weighted by atomic mass is 9.98. The van der Waals surface area contributed by atoms with Crippen molar-refractivity contribution in [3.63, 3.8) is 0 Å². The normalized spacial score (nSPS) is 13.3. The predicted molar refractivity (Wildman–Crippen MR) is 112 cm³/mol. The first-order chi connectivity index (χ1) is 14.3. The number of benzene rings is 2. The van der Waals surface area contributed by atoms with Crippen LogP contribution in [0.25, 0.3) is 11.1 Å². The van der Waals surface area contributed by atoms with Crippen LogP contribution in [-0.2, 0) is 14.3 Å². The van der Waals surface area contributed by atoms with Gasteiger partial charge in [0.1, 0.15) is 19.2 Å². The number of rotatable bonds is 7. The zero-order valence-electron chi connectivity index (χ0n) is 17.3. The molecule has 0 aromatic heterocycles. The van der Waals surface area contributed by atoms with E-state index in [1.807, 2.05) is 36.4 Å². The number of carbonyl (C=O) groups is 3. The highest BCUT2D eigenvalue weighted by molar-refractivity contribution is 5.88. The molecule has 0 heterocycles. The third-order valence-corrected chi connectivity index (χ3v) is 5.26. The minimum absolute atomic E-state index is 0.0756. The Balaban J connectivity index is 1.63. The molecule has 3 rings (SSSR count). The summed E-state index contributed by atoms with van der Waals surface area (Å²) in [5.41, 5.74) is 4.46. The average molecular weight is 410 g/mol. The van der Waals surface area contributed by atoms with Crippen LogP contribution in [0.4, 0.5) is 4.79 Å². The molecule has 1 unspecified atom stereocenters. The Kier molecular flexibility index (Phi) is 6.40. The van der Waals surface area contributed by atoms with Gasteiger partial charge in [-0.15, -0.1) is 0 Å². The highest BCUT2D eigenvalue weighted by Crippen LogP contribution is 2.44. The molecule has 1 atom stereocenters. The van der Waals surface area contributed by atoms with Crippen LogP contribution in [-0.4, -0.2) is 53.2 Å². The maximum atomic E-state index is 12.5. The second-order valence-electron chi connectivity index (χ2n) is 7.65. The van der Waals surface area contributed by atoms with Crippen LogP contribution in [0.1, 0.15) is 37.8 Å². The lowest BCUT2D eigenvalue weighted by Crippen LogP contribution is -2.51. The summed E-state index contributed by atoms with van der Waals surface area (Å²) in [7, 11) is 0. The number of fused-ring (bicyclic) bond motifs is 3. The number of aliphatic carboxylic acids is 1. The maximum absolute atomic E-state index is 12.5. The van der Waals surface area contributed by atoms with Crippen LogP contribution >= 0.6 is 0 Å². The number of ether oxygens (including phenoxy) is 1. The fourth-order valence-corrected chi connectivity index (χ4v) is 3.79. The van der Waals surface area contributed by atoms with Gasteiger partial charge in [0.25, 0.3) is 0 Å². The number of carboxylic acid groups (broad SMARTS) is 1. The van der Waals surface area contributed by atoms with Crippen molar-refractivity contribution in [3.8, 4) is 11.1 Å². The SMILES string of the molecule is CC(NC(=O)OCC1c2ccccc2-c2ccccc21)C(=O)N(CC(=O)O)C(C)C. The summed E-state index contributed by atoms with van der Waals surface area (Å²) < 4.78 is 5.44. The lowest BCUT2D eigenvalue weighted by molar-refractivity contribution is -0.146. The molecule has 7 nitrogen and oxygen atoms in total. The molecule has 2 amide bonds. The Hall–Kier alpha value is -3.35. The zero-order valence-corrected chi connectivity index (χ0v) is 17.3. The van der Waals surface area contributed by atoms with Gasteiger partial charge >= 0.3 is 12.1 Å². The molecule has 0 saturated carbocycles. The van der Waals surface area contributed by atoms with E-state index in [2.05, 4.69) is 17.4 Å². The van der Waals surface area contributed by atoms with Crippen molar-refractivity contribution in [2.75, 3.05) is 13.2 Å². The summed E-state index contributed by atoms with van der Waals surface area (Å²) in [5.74, 6) is -1.65. The lowest BCUT2D eigenvalue weighted by Gasteiger charge is -2.28. The Labute approximate surface area is 175 Å². The van der Waals surface area contributed by atoms with Gasteiger partial charge in [-0.05, 0) is 43.0 Å². The summed E-state index contributed by atoms with van der Waals surface area (Å²) in [5, 5.41) is 11.5. The minimum atomic E-state index is -1.11. The molecule has 7 heteroatoms. The number of hydrogen-bond acceptors (Lipinski definition) is 4. The van der Waals surface area contributed by atoms with Crippen LogP contribution in [0.2, 0.25) is 0 Å². The topological polar surface area (TPSA) is 95.9 Å².